The first kappa shape index (κ1) is 38.4. The quantitative estimate of drug-likeness (QED) is 0.181. The van der Waals surface area contributed by atoms with E-state index in [4.69, 9.17) is 0 Å². The summed E-state index contributed by atoms with van der Waals surface area (Å²) in [7, 11) is 16.5. The van der Waals surface area contributed by atoms with Crippen LogP contribution < -0.4 is 0 Å². The molecule has 0 atom stereocenters. The Morgan fingerprint density at radius 3 is 0.683 bits per heavy atom. The first-order chi connectivity index (χ1) is 19.2. The second-order valence-electron chi connectivity index (χ2n) is 10.5. The molecule has 0 bridgehead atoms. The van der Waals surface area contributed by atoms with E-state index in [-0.39, 0.29) is 21.7 Å². The number of hydrogen-bond donors (Lipinski definition) is 0. The summed E-state index contributed by atoms with van der Waals surface area (Å²) in [5.41, 5.74) is 4.97. The number of benzene rings is 4. The van der Waals surface area contributed by atoms with E-state index >= 15 is 0 Å². The minimum absolute atomic E-state index is 0. The van der Waals surface area contributed by atoms with Gasteiger partial charge in [0, 0.05) is 26.2 Å². The van der Waals surface area contributed by atoms with Gasteiger partial charge in [-0.25, -0.2) is 0 Å². The smallest absolute Gasteiger partial charge is 0.307 e. The molecule has 0 spiro atoms. The molecule has 0 N–H and O–H groups in total. The number of nitrogens with zero attached hydrogens (tertiary/aromatic N) is 4. The van der Waals surface area contributed by atoms with Crippen LogP contribution in [0.2, 0.25) is 0 Å². The molecule has 4 aromatic carbocycles. The summed E-state index contributed by atoms with van der Waals surface area (Å²) in [6.07, 6.45) is 0. The molecule has 216 valence electrons. The SMILES string of the molecule is CN(C)Cc1[c-]cccc1.CN(C)Cc1[c-]cccc1.CN(C)Cc1[c-]cccc1.CN(C)Cc1[c-]cccc1.[Ti+4]. The van der Waals surface area contributed by atoms with Crippen molar-refractivity contribution in [1.82, 2.24) is 19.6 Å². The normalized spacial score (nSPS) is 10.0. The van der Waals surface area contributed by atoms with Crippen LogP contribution in [-0.2, 0) is 47.9 Å². The third-order valence-corrected chi connectivity index (χ3v) is 5.04. The molecule has 0 unspecified atom stereocenters. The van der Waals surface area contributed by atoms with Crippen LogP contribution in [0, 0.1) is 24.3 Å². The van der Waals surface area contributed by atoms with Crippen molar-refractivity contribution >= 4 is 0 Å². The van der Waals surface area contributed by atoms with Crippen molar-refractivity contribution in [3.05, 3.63) is 144 Å². The van der Waals surface area contributed by atoms with Gasteiger partial charge >= 0.3 is 21.7 Å². The predicted molar refractivity (Wildman–Crippen MR) is 171 cm³/mol. The molecule has 4 rings (SSSR count). The summed E-state index contributed by atoms with van der Waals surface area (Å²) in [6, 6.07) is 44.8. The minimum atomic E-state index is 0. The number of rotatable bonds is 8. The zero-order chi connectivity index (χ0) is 29.6. The Morgan fingerprint density at radius 2 is 0.561 bits per heavy atom. The molecule has 4 nitrogen and oxygen atoms in total. The van der Waals surface area contributed by atoms with Crippen LogP contribution in [0.3, 0.4) is 0 Å². The molecule has 4 aromatic rings. The molecule has 0 aliphatic heterocycles. The predicted octanol–water partition coefficient (Wildman–Crippen LogP) is 6.19. The molecule has 0 aromatic heterocycles. The third-order valence-electron chi connectivity index (χ3n) is 5.04. The van der Waals surface area contributed by atoms with Gasteiger partial charge in [-0.3, -0.25) is 0 Å². The average Bonchev–Trinajstić information content (AvgIpc) is 2.91. The van der Waals surface area contributed by atoms with E-state index in [9.17, 15) is 0 Å². The van der Waals surface area contributed by atoms with E-state index in [1.165, 1.54) is 22.3 Å². The Bertz CT molecular complexity index is 906. The molecule has 0 aliphatic carbocycles. The van der Waals surface area contributed by atoms with E-state index < -0.39 is 0 Å². The van der Waals surface area contributed by atoms with Gasteiger partial charge in [-0.1, -0.05) is 0 Å². The maximum absolute atomic E-state index is 3.16. The van der Waals surface area contributed by atoms with Crippen molar-refractivity contribution in [2.45, 2.75) is 26.2 Å². The van der Waals surface area contributed by atoms with E-state index in [2.05, 4.69) is 125 Å². The van der Waals surface area contributed by atoms with Crippen LogP contribution in [0.5, 0.6) is 0 Å². The van der Waals surface area contributed by atoms with Crippen LogP contribution in [-0.4, -0.2) is 76.0 Å². The fourth-order valence-electron chi connectivity index (χ4n) is 3.48. The van der Waals surface area contributed by atoms with Crippen LogP contribution in [0.25, 0.3) is 0 Å². The Hall–Kier alpha value is -2.57. The Kier molecular flexibility index (Phi) is 22.6. The molecule has 0 aliphatic rings. The fraction of sp³-hybridized carbons (Fsp3) is 0.333. The van der Waals surface area contributed by atoms with Crippen LogP contribution in [0.1, 0.15) is 22.3 Å². The second-order valence-corrected chi connectivity index (χ2v) is 10.5. The van der Waals surface area contributed by atoms with Gasteiger partial charge in [0.1, 0.15) is 0 Å². The minimum Gasteiger partial charge on any atom is -0.307 e. The van der Waals surface area contributed by atoms with Gasteiger partial charge in [0.05, 0.1) is 0 Å². The van der Waals surface area contributed by atoms with Gasteiger partial charge in [0.2, 0.25) is 0 Å². The average molecular weight is 585 g/mol. The molecule has 0 saturated heterocycles. The van der Waals surface area contributed by atoms with Crippen LogP contribution in [0.4, 0.5) is 0 Å². The van der Waals surface area contributed by atoms with Gasteiger partial charge in [-0.05, 0) is 56.4 Å². The van der Waals surface area contributed by atoms with E-state index in [0.717, 1.165) is 26.2 Å². The monoisotopic (exact) mass is 584 g/mol. The molecule has 41 heavy (non-hydrogen) atoms. The van der Waals surface area contributed by atoms with Crippen molar-refractivity contribution in [3.63, 3.8) is 0 Å². The molecule has 0 amide bonds. The Balaban J connectivity index is 0.000000516. The summed E-state index contributed by atoms with van der Waals surface area (Å²) in [5.74, 6) is 0. The molecule has 0 saturated carbocycles. The van der Waals surface area contributed by atoms with Crippen LogP contribution >= 0.6 is 0 Å². The third kappa shape index (κ3) is 22.8. The molecule has 0 fully saturated rings. The van der Waals surface area contributed by atoms with Gasteiger partial charge in [0.25, 0.3) is 0 Å². The van der Waals surface area contributed by atoms with Gasteiger partial charge in [-0.2, -0.15) is 121 Å². The molecular formula is C36H48N4Ti. The Morgan fingerprint density at radius 1 is 0.366 bits per heavy atom. The first-order valence-electron chi connectivity index (χ1n) is 13.6. The fourth-order valence-corrected chi connectivity index (χ4v) is 3.48. The standard InChI is InChI=1S/4C9H12N.Ti/c4*1-10(2)8-9-6-4-3-5-7-9;/h4*3-6H,8H2,1-2H3;/q4*-1;+4. The van der Waals surface area contributed by atoms with Gasteiger partial charge in [0.15, 0.2) is 0 Å². The summed E-state index contributed by atoms with van der Waals surface area (Å²) in [4.78, 5) is 8.52. The van der Waals surface area contributed by atoms with Crippen molar-refractivity contribution in [1.29, 1.82) is 0 Å². The maximum Gasteiger partial charge on any atom is 4.00 e. The maximum atomic E-state index is 3.16. The van der Waals surface area contributed by atoms with Crippen molar-refractivity contribution in [3.8, 4) is 0 Å². The van der Waals surface area contributed by atoms with E-state index in [0.29, 0.717) is 0 Å². The van der Waals surface area contributed by atoms with E-state index in [1.807, 2.05) is 72.8 Å². The van der Waals surface area contributed by atoms with Crippen LogP contribution in [0.15, 0.2) is 97.1 Å². The topological polar surface area (TPSA) is 13.0 Å². The Labute approximate surface area is 266 Å². The van der Waals surface area contributed by atoms with Crippen molar-refractivity contribution < 1.29 is 21.7 Å². The van der Waals surface area contributed by atoms with Gasteiger partial charge < -0.3 is 19.6 Å². The zero-order valence-electron chi connectivity index (χ0n) is 26.4. The van der Waals surface area contributed by atoms with Crippen molar-refractivity contribution in [2.75, 3.05) is 56.4 Å². The van der Waals surface area contributed by atoms with Crippen molar-refractivity contribution in [2.24, 2.45) is 0 Å². The first-order valence-corrected chi connectivity index (χ1v) is 13.6. The largest absolute Gasteiger partial charge is 4.00 e. The zero-order valence-corrected chi connectivity index (χ0v) is 27.9. The summed E-state index contributed by atoms with van der Waals surface area (Å²) in [5, 5.41) is 0. The summed E-state index contributed by atoms with van der Waals surface area (Å²) >= 11 is 0. The summed E-state index contributed by atoms with van der Waals surface area (Å²) < 4.78 is 0. The van der Waals surface area contributed by atoms with E-state index in [1.54, 1.807) is 0 Å². The summed E-state index contributed by atoms with van der Waals surface area (Å²) in [6.45, 7) is 3.89. The molecule has 0 radical (unpaired) electrons. The number of hydrogen-bond acceptors (Lipinski definition) is 4. The molecule has 0 heterocycles. The molecule has 5 heteroatoms. The molecular weight excluding hydrogens is 536 g/mol. The second kappa shape index (κ2) is 24.1. The van der Waals surface area contributed by atoms with Gasteiger partial charge in [-0.15, -0.1) is 22.3 Å².